The number of H-pyrrole nitrogens is 1. The van der Waals surface area contributed by atoms with Gasteiger partial charge in [0.05, 0.1) is 22.6 Å². The van der Waals surface area contributed by atoms with Crippen LogP contribution in [0.4, 0.5) is 4.39 Å². The minimum atomic E-state index is -0.464. The molecule has 0 aliphatic heterocycles. The van der Waals surface area contributed by atoms with Crippen molar-refractivity contribution in [3.05, 3.63) is 62.6 Å². The fourth-order valence-electron chi connectivity index (χ4n) is 2.08. The van der Waals surface area contributed by atoms with E-state index in [0.29, 0.717) is 21.9 Å². The first-order valence-electron chi connectivity index (χ1n) is 5.86. The van der Waals surface area contributed by atoms with Gasteiger partial charge in [-0.05, 0) is 36.0 Å². The summed E-state index contributed by atoms with van der Waals surface area (Å²) in [4.78, 5) is 2.98. The topological polar surface area (TPSA) is 20.7 Å². The Bertz CT molecular complexity index is 837. The molecular weight excluding hydrogens is 318 g/mol. The summed E-state index contributed by atoms with van der Waals surface area (Å²) < 4.78 is 15.8. The molecule has 0 aliphatic carbocycles. The lowest BCUT2D eigenvalue weighted by molar-refractivity contribution is 0.629. The number of imidazole rings is 1. The van der Waals surface area contributed by atoms with E-state index in [0.717, 1.165) is 11.1 Å². The lowest BCUT2D eigenvalue weighted by atomic mass is 10.2. The van der Waals surface area contributed by atoms with Crippen LogP contribution in [0.3, 0.4) is 0 Å². The molecule has 20 heavy (non-hydrogen) atoms. The zero-order valence-electron chi connectivity index (χ0n) is 10.2. The van der Waals surface area contributed by atoms with Crippen LogP contribution in [0.25, 0.3) is 11.0 Å². The molecule has 0 radical (unpaired) electrons. The average Bonchev–Trinajstić information content (AvgIpc) is 2.69. The molecule has 0 unspecified atom stereocenters. The maximum absolute atomic E-state index is 13.5. The molecule has 0 spiro atoms. The van der Waals surface area contributed by atoms with Gasteiger partial charge in [-0.1, -0.05) is 35.3 Å². The van der Waals surface area contributed by atoms with Crippen molar-refractivity contribution in [1.29, 1.82) is 0 Å². The highest BCUT2D eigenvalue weighted by Gasteiger charge is 2.09. The maximum atomic E-state index is 13.5. The molecule has 0 amide bonds. The first-order valence-corrected chi connectivity index (χ1v) is 7.03. The van der Waals surface area contributed by atoms with Crippen molar-refractivity contribution >= 4 is 46.5 Å². The maximum Gasteiger partial charge on any atom is 0.178 e. The van der Waals surface area contributed by atoms with E-state index in [-0.39, 0.29) is 5.02 Å². The highest BCUT2D eigenvalue weighted by Crippen LogP contribution is 2.23. The van der Waals surface area contributed by atoms with Gasteiger partial charge in [0.1, 0.15) is 5.82 Å². The fourth-order valence-corrected chi connectivity index (χ4v) is 2.64. The van der Waals surface area contributed by atoms with Gasteiger partial charge < -0.3 is 9.55 Å². The predicted octanol–water partition coefficient (Wildman–Crippen LogP) is 5.19. The molecule has 0 bridgehead atoms. The summed E-state index contributed by atoms with van der Waals surface area (Å²) in [6, 6.07) is 10.4. The van der Waals surface area contributed by atoms with Gasteiger partial charge in [0.25, 0.3) is 0 Å². The highest BCUT2D eigenvalue weighted by molar-refractivity contribution is 7.71. The molecule has 3 rings (SSSR count). The van der Waals surface area contributed by atoms with Crippen LogP contribution in [0.15, 0.2) is 36.4 Å². The predicted molar refractivity (Wildman–Crippen MR) is 82.6 cm³/mol. The number of halogens is 3. The lowest BCUT2D eigenvalue weighted by Gasteiger charge is -2.05. The second-order valence-electron chi connectivity index (χ2n) is 4.43. The Kier molecular flexibility index (Phi) is 3.54. The number of nitrogens with zero attached hydrogens (tertiary/aromatic N) is 1. The van der Waals surface area contributed by atoms with Crippen LogP contribution in [0.2, 0.25) is 10.0 Å². The largest absolute Gasteiger partial charge is 0.330 e. The van der Waals surface area contributed by atoms with Crippen molar-refractivity contribution in [2.45, 2.75) is 6.54 Å². The molecule has 0 saturated heterocycles. The molecular formula is C14H9Cl2FN2S. The second-order valence-corrected chi connectivity index (χ2v) is 5.66. The Morgan fingerprint density at radius 1 is 1.15 bits per heavy atom. The summed E-state index contributed by atoms with van der Waals surface area (Å²) in [7, 11) is 0. The molecule has 1 N–H and O–H groups in total. The van der Waals surface area contributed by atoms with E-state index in [4.69, 9.17) is 35.4 Å². The van der Waals surface area contributed by atoms with E-state index in [1.54, 1.807) is 6.07 Å². The van der Waals surface area contributed by atoms with E-state index in [2.05, 4.69) is 4.98 Å². The van der Waals surface area contributed by atoms with Crippen LogP contribution >= 0.6 is 35.4 Å². The smallest absolute Gasteiger partial charge is 0.178 e. The molecule has 2 nitrogen and oxygen atoms in total. The van der Waals surface area contributed by atoms with E-state index in [9.17, 15) is 4.39 Å². The number of benzene rings is 2. The van der Waals surface area contributed by atoms with E-state index in [1.807, 2.05) is 28.8 Å². The van der Waals surface area contributed by atoms with Gasteiger partial charge in [0, 0.05) is 11.1 Å². The van der Waals surface area contributed by atoms with Crippen LogP contribution in [-0.2, 0) is 6.54 Å². The molecule has 2 aromatic carbocycles. The Balaban J connectivity index is 2.11. The van der Waals surface area contributed by atoms with Crippen molar-refractivity contribution in [1.82, 2.24) is 9.55 Å². The van der Waals surface area contributed by atoms with Crippen molar-refractivity contribution in [3.8, 4) is 0 Å². The van der Waals surface area contributed by atoms with Gasteiger partial charge in [-0.25, -0.2) is 4.39 Å². The van der Waals surface area contributed by atoms with Crippen LogP contribution in [0.5, 0.6) is 0 Å². The minimum Gasteiger partial charge on any atom is -0.330 e. The summed E-state index contributed by atoms with van der Waals surface area (Å²) in [6.07, 6.45) is 0. The summed E-state index contributed by atoms with van der Waals surface area (Å²) in [5.41, 5.74) is 2.45. The van der Waals surface area contributed by atoms with Crippen LogP contribution in [0.1, 0.15) is 5.56 Å². The summed E-state index contributed by atoms with van der Waals surface area (Å²) >= 11 is 17.0. The van der Waals surface area contributed by atoms with Crippen LogP contribution in [0, 0.1) is 10.6 Å². The van der Waals surface area contributed by atoms with Crippen LogP contribution in [-0.4, -0.2) is 9.55 Å². The van der Waals surface area contributed by atoms with Gasteiger partial charge in [-0.3, -0.25) is 0 Å². The van der Waals surface area contributed by atoms with Crippen molar-refractivity contribution in [2.75, 3.05) is 0 Å². The van der Waals surface area contributed by atoms with Gasteiger partial charge in [0.15, 0.2) is 4.77 Å². The van der Waals surface area contributed by atoms with Crippen molar-refractivity contribution in [2.24, 2.45) is 0 Å². The average molecular weight is 327 g/mol. The number of hydrogen-bond acceptors (Lipinski definition) is 1. The van der Waals surface area contributed by atoms with Crippen molar-refractivity contribution < 1.29 is 4.39 Å². The zero-order chi connectivity index (χ0) is 14.3. The molecule has 0 fully saturated rings. The molecule has 1 aromatic heterocycles. The molecule has 1 heterocycles. The highest BCUT2D eigenvalue weighted by atomic mass is 35.5. The van der Waals surface area contributed by atoms with E-state index >= 15 is 0 Å². The first kappa shape index (κ1) is 13.6. The van der Waals surface area contributed by atoms with E-state index < -0.39 is 5.82 Å². The number of aromatic amines is 1. The normalized spacial score (nSPS) is 11.2. The molecule has 0 saturated carbocycles. The Morgan fingerprint density at radius 3 is 2.55 bits per heavy atom. The monoisotopic (exact) mass is 326 g/mol. The lowest BCUT2D eigenvalue weighted by Crippen LogP contribution is -1.99. The van der Waals surface area contributed by atoms with E-state index in [1.165, 1.54) is 6.07 Å². The fraction of sp³-hybridized carbons (Fsp3) is 0.0714. The standard InChI is InChI=1S/C14H9Cl2FN2S/c15-9-3-1-8(2-4-9)7-19-13-5-10(16)11(17)6-12(13)18-14(19)20/h1-6H,7H2,(H,18,20). The van der Waals surface area contributed by atoms with Gasteiger partial charge >= 0.3 is 0 Å². The summed E-state index contributed by atoms with van der Waals surface area (Å²) in [5.74, 6) is -0.464. The molecule has 102 valence electrons. The Hall–Kier alpha value is -1.36. The Morgan fingerprint density at radius 2 is 1.85 bits per heavy atom. The van der Waals surface area contributed by atoms with Crippen molar-refractivity contribution in [3.63, 3.8) is 0 Å². The molecule has 6 heteroatoms. The van der Waals surface area contributed by atoms with Gasteiger partial charge in [-0.15, -0.1) is 0 Å². The number of nitrogens with one attached hydrogen (secondary N) is 1. The Labute approximate surface area is 129 Å². The third-order valence-electron chi connectivity index (χ3n) is 3.07. The number of hydrogen-bond donors (Lipinski definition) is 1. The minimum absolute atomic E-state index is 0.0800. The number of rotatable bonds is 2. The van der Waals surface area contributed by atoms with Crippen LogP contribution < -0.4 is 0 Å². The summed E-state index contributed by atoms with van der Waals surface area (Å²) in [5, 5.41) is 0.762. The zero-order valence-corrected chi connectivity index (χ0v) is 12.5. The van der Waals surface area contributed by atoms with Gasteiger partial charge in [-0.2, -0.15) is 0 Å². The third kappa shape index (κ3) is 2.46. The SMILES string of the molecule is Fc1cc2[nH]c(=S)n(Cc3ccc(Cl)cc3)c2cc1Cl. The molecule has 0 aliphatic rings. The second kappa shape index (κ2) is 5.20. The molecule has 0 atom stereocenters. The number of aromatic nitrogens is 2. The van der Waals surface area contributed by atoms with Gasteiger partial charge in [0.2, 0.25) is 0 Å². The quantitative estimate of drug-likeness (QED) is 0.642. The first-order chi connectivity index (χ1) is 9.54. The molecule has 3 aromatic rings. The number of fused-ring (bicyclic) bond motifs is 1. The summed E-state index contributed by atoms with van der Waals surface area (Å²) in [6.45, 7) is 0.567. The third-order valence-corrected chi connectivity index (χ3v) is 3.93.